The van der Waals surface area contributed by atoms with Crippen LogP contribution >= 0.6 is 0 Å². The smallest absolute Gasteiger partial charge is 0.329 e. The van der Waals surface area contributed by atoms with E-state index in [2.05, 4.69) is 10.6 Å². The summed E-state index contributed by atoms with van der Waals surface area (Å²) in [5, 5.41) is 34.9. The predicted octanol–water partition coefficient (Wildman–Crippen LogP) is 3.55. The Morgan fingerprint density at radius 3 is 2.47 bits per heavy atom. The Morgan fingerprint density at radius 1 is 0.974 bits per heavy atom. The van der Waals surface area contributed by atoms with Gasteiger partial charge in [0.2, 0.25) is 0 Å². The first-order chi connectivity index (χ1) is 18.5. The minimum atomic E-state index is -0.678. The molecule has 0 aliphatic carbocycles. The van der Waals surface area contributed by atoms with E-state index < -0.39 is 6.10 Å². The molecule has 3 amide bonds. The Morgan fingerprint density at radius 2 is 1.74 bits per heavy atom. The molecular formula is C29H41N3O6. The molecule has 5 N–H and O–H groups in total. The van der Waals surface area contributed by atoms with Crippen molar-refractivity contribution in [3.63, 3.8) is 0 Å². The third-order valence-corrected chi connectivity index (χ3v) is 6.65. The lowest BCUT2D eigenvalue weighted by Crippen LogP contribution is -2.30. The number of unbranched alkanes of at least 4 members (excludes halogenated alkanes) is 5. The van der Waals surface area contributed by atoms with Crippen LogP contribution in [0.2, 0.25) is 0 Å². The Balaban J connectivity index is 1.14. The van der Waals surface area contributed by atoms with Crippen molar-refractivity contribution >= 4 is 17.6 Å². The highest BCUT2D eigenvalue weighted by molar-refractivity contribution is 6.19. The summed E-state index contributed by atoms with van der Waals surface area (Å²) >= 11 is 0. The summed E-state index contributed by atoms with van der Waals surface area (Å²) in [5.41, 5.74) is 2.85. The fourth-order valence-electron chi connectivity index (χ4n) is 4.45. The summed E-state index contributed by atoms with van der Waals surface area (Å²) in [5.74, 6) is -0.185. The minimum absolute atomic E-state index is 0.0360. The lowest BCUT2D eigenvalue weighted by molar-refractivity contribution is -0.115. The zero-order valence-electron chi connectivity index (χ0n) is 22.0. The zero-order valence-corrected chi connectivity index (χ0v) is 22.0. The van der Waals surface area contributed by atoms with Crippen molar-refractivity contribution in [2.24, 2.45) is 0 Å². The largest absolute Gasteiger partial charge is 0.508 e. The number of aliphatic hydroxyl groups excluding tert-OH is 2. The van der Waals surface area contributed by atoms with Gasteiger partial charge in [0, 0.05) is 25.3 Å². The monoisotopic (exact) mass is 527 g/mol. The molecule has 2 aromatic carbocycles. The second-order valence-corrected chi connectivity index (χ2v) is 9.66. The van der Waals surface area contributed by atoms with E-state index in [1.165, 1.54) is 11.0 Å². The summed E-state index contributed by atoms with van der Waals surface area (Å²) in [7, 11) is 0. The molecular weight excluding hydrogens is 486 g/mol. The van der Waals surface area contributed by atoms with Gasteiger partial charge in [-0.3, -0.25) is 4.79 Å². The number of imide groups is 1. The van der Waals surface area contributed by atoms with Crippen molar-refractivity contribution in [2.45, 2.75) is 64.1 Å². The van der Waals surface area contributed by atoms with E-state index in [0.29, 0.717) is 23.4 Å². The second-order valence-electron chi connectivity index (χ2n) is 9.66. The lowest BCUT2D eigenvalue weighted by atomic mass is 10.1. The van der Waals surface area contributed by atoms with E-state index in [4.69, 9.17) is 4.74 Å². The first-order valence-electron chi connectivity index (χ1n) is 13.6. The summed E-state index contributed by atoms with van der Waals surface area (Å²) in [4.78, 5) is 24.9. The number of nitrogens with one attached hydrogen (secondary N) is 2. The Hall–Kier alpha value is -2.98. The number of urea groups is 1. The Labute approximate surface area is 224 Å². The number of ether oxygens (including phenoxy) is 1. The number of rotatable bonds is 18. The maximum Gasteiger partial charge on any atom is 0.329 e. The molecule has 1 atom stereocenters. The average Bonchev–Trinajstić information content (AvgIpc) is 3.26. The molecule has 0 unspecified atom stereocenters. The van der Waals surface area contributed by atoms with Gasteiger partial charge in [-0.2, -0.15) is 0 Å². The molecule has 208 valence electrons. The van der Waals surface area contributed by atoms with Crippen LogP contribution in [-0.2, 0) is 22.6 Å². The van der Waals surface area contributed by atoms with E-state index in [1.807, 2.05) is 18.2 Å². The van der Waals surface area contributed by atoms with E-state index in [-0.39, 0.29) is 30.8 Å². The van der Waals surface area contributed by atoms with E-state index in [1.54, 1.807) is 18.2 Å². The number of aromatic hydroxyl groups is 1. The van der Waals surface area contributed by atoms with E-state index in [9.17, 15) is 24.9 Å². The van der Waals surface area contributed by atoms with Gasteiger partial charge >= 0.3 is 6.03 Å². The number of amides is 3. The van der Waals surface area contributed by atoms with Gasteiger partial charge in [-0.25, -0.2) is 9.69 Å². The molecule has 3 rings (SSSR count). The van der Waals surface area contributed by atoms with Gasteiger partial charge in [-0.1, -0.05) is 37.5 Å². The molecule has 9 nitrogen and oxygen atoms in total. The van der Waals surface area contributed by atoms with E-state index in [0.717, 1.165) is 76.7 Å². The number of carbonyl (C=O) groups excluding carboxylic acids is 2. The quantitative estimate of drug-likeness (QED) is 0.148. The molecule has 1 aliphatic heterocycles. The van der Waals surface area contributed by atoms with Crippen LogP contribution in [0.15, 0.2) is 42.5 Å². The highest BCUT2D eigenvalue weighted by Gasteiger charge is 2.29. The summed E-state index contributed by atoms with van der Waals surface area (Å²) < 4.78 is 5.76. The van der Waals surface area contributed by atoms with Crippen LogP contribution in [0.4, 0.5) is 10.5 Å². The number of aryl methyl sites for hydroxylation is 1. The maximum atomic E-state index is 11.9. The number of carbonyl (C=O) groups is 2. The molecule has 1 saturated heterocycles. The number of aliphatic hydroxyl groups is 2. The number of hydrogen-bond donors (Lipinski definition) is 5. The molecule has 0 radical (unpaired) electrons. The van der Waals surface area contributed by atoms with Crippen molar-refractivity contribution in [1.29, 1.82) is 0 Å². The third kappa shape index (κ3) is 9.40. The van der Waals surface area contributed by atoms with Crippen LogP contribution in [-0.4, -0.2) is 60.1 Å². The molecule has 0 saturated carbocycles. The van der Waals surface area contributed by atoms with Crippen molar-refractivity contribution in [3.8, 4) is 5.75 Å². The summed E-state index contributed by atoms with van der Waals surface area (Å²) in [6.07, 6.45) is 7.61. The number of benzene rings is 2. The Bertz CT molecular complexity index is 1020. The zero-order chi connectivity index (χ0) is 27.2. The highest BCUT2D eigenvalue weighted by atomic mass is 16.5. The topological polar surface area (TPSA) is 131 Å². The highest BCUT2D eigenvalue weighted by Crippen LogP contribution is 2.22. The van der Waals surface area contributed by atoms with Gasteiger partial charge in [0.25, 0.3) is 5.91 Å². The predicted molar refractivity (Wildman–Crippen MR) is 146 cm³/mol. The minimum Gasteiger partial charge on any atom is -0.508 e. The number of phenols is 1. The van der Waals surface area contributed by atoms with Crippen molar-refractivity contribution < 1.29 is 29.6 Å². The lowest BCUT2D eigenvalue weighted by Gasteiger charge is -2.14. The van der Waals surface area contributed by atoms with Crippen LogP contribution in [0.5, 0.6) is 5.75 Å². The molecule has 38 heavy (non-hydrogen) atoms. The molecule has 9 heteroatoms. The van der Waals surface area contributed by atoms with Gasteiger partial charge in [0.15, 0.2) is 0 Å². The third-order valence-electron chi connectivity index (χ3n) is 6.65. The molecule has 0 aromatic heterocycles. The standard InChI is InChI=1S/C29H41N3O6/c33-21-24-18-23(12-13-26(24)34)27(35)19-30-14-5-1-2-6-15-38-16-7-3-4-9-22-10-8-11-25(17-22)32-28(36)20-31-29(32)37/h8,10-13,17-18,27,30,33-35H,1-7,9,14-16,19-21H2,(H,31,37)/t27-/m1/s1. The van der Waals surface area contributed by atoms with Crippen LogP contribution in [0, 0.1) is 0 Å². The van der Waals surface area contributed by atoms with Crippen LogP contribution in [0.1, 0.15) is 67.7 Å². The summed E-state index contributed by atoms with van der Waals surface area (Å²) in [6, 6.07) is 12.0. The maximum absolute atomic E-state index is 11.9. The van der Waals surface area contributed by atoms with Gasteiger partial charge in [0.1, 0.15) is 5.75 Å². The van der Waals surface area contributed by atoms with Gasteiger partial charge in [-0.15, -0.1) is 0 Å². The normalized spacial score (nSPS) is 14.2. The molecule has 0 bridgehead atoms. The first kappa shape index (κ1) is 29.6. The van der Waals surface area contributed by atoms with Gasteiger partial charge in [0.05, 0.1) is 24.9 Å². The average molecular weight is 528 g/mol. The van der Waals surface area contributed by atoms with Crippen molar-refractivity contribution in [3.05, 3.63) is 59.2 Å². The molecule has 1 heterocycles. The molecule has 2 aromatic rings. The van der Waals surface area contributed by atoms with Crippen molar-refractivity contribution in [2.75, 3.05) is 37.7 Å². The number of hydrogen-bond acceptors (Lipinski definition) is 7. The van der Waals surface area contributed by atoms with Crippen LogP contribution in [0.25, 0.3) is 0 Å². The first-order valence-corrected chi connectivity index (χ1v) is 13.6. The van der Waals surface area contributed by atoms with Crippen LogP contribution < -0.4 is 15.5 Å². The van der Waals surface area contributed by atoms with Gasteiger partial charge < -0.3 is 30.7 Å². The fourth-order valence-corrected chi connectivity index (χ4v) is 4.45. The Kier molecular flexibility index (Phi) is 12.5. The fraction of sp³-hybridized carbons (Fsp3) is 0.517. The number of nitrogens with zero attached hydrogens (tertiary/aromatic N) is 1. The van der Waals surface area contributed by atoms with Gasteiger partial charge in [-0.05, 0) is 74.0 Å². The van der Waals surface area contributed by atoms with Crippen molar-refractivity contribution in [1.82, 2.24) is 10.6 Å². The van der Waals surface area contributed by atoms with Crippen LogP contribution in [0.3, 0.4) is 0 Å². The molecule has 1 aliphatic rings. The molecule has 0 spiro atoms. The second kappa shape index (κ2) is 16.1. The molecule has 1 fully saturated rings. The van der Waals surface area contributed by atoms with E-state index >= 15 is 0 Å². The number of anilines is 1. The SMILES string of the molecule is O=C1CNC(=O)N1c1cccc(CCCCCOCCCCCCNC[C@@H](O)c2ccc(O)c(CO)c2)c1. The summed E-state index contributed by atoms with van der Waals surface area (Å²) in [6.45, 7) is 2.59.